The van der Waals surface area contributed by atoms with Crippen molar-refractivity contribution in [3.05, 3.63) is 29.7 Å². The molecule has 0 aromatic carbocycles. The molecule has 0 spiro atoms. The van der Waals surface area contributed by atoms with Crippen LogP contribution >= 0.6 is 0 Å². The van der Waals surface area contributed by atoms with E-state index in [0.29, 0.717) is 0 Å². The highest BCUT2D eigenvalue weighted by molar-refractivity contribution is 5.39. The van der Waals surface area contributed by atoms with E-state index in [9.17, 15) is 5.11 Å². The standard InChI is InChI=1S/C12H18N4O/c1-12(2,3)11-14-10-5-4-8(9(17)6-13)7-16(10)15-11/h4-5,7,9,17H,6,13H2,1-3H3. The van der Waals surface area contributed by atoms with Crippen molar-refractivity contribution in [1.82, 2.24) is 14.6 Å². The largest absolute Gasteiger partial charge is 0.387 e. The number of pyridine rings is 1. The summed E-state index contributed by atoms with van der Waals surface area (Å²) in [6.45, 7) is 6.40. The molecule has 2 aromatic rings. The van der Waals surface area contributed by atoms with Gasteiger partial charge >= 0.3 is 0 Å². The summed E-state index contributed by atoms with van der Waals surface area (Å²) in [5.74, 6) is 0.789. The molecule has 0 saturated heterocycles. The second-order valence-corrected chi connectivity index (χ2v) is 5.20. The van der Waals surface area contributed by atoms with Crippen LogP contribution in [0.4, 0.5) is 0 Å². The average Bonchev–Trinajstić information content (AvgIpc) is 2.70. The molecule has 0 aliphatic rings. The first-order chi connectivity index (χ1) is 7.91. The van der Waals surface area contributed by atoms with Crippen molar-refractivity contribution < 1.29 is 5.11 Å². The summed E-state index contributed by atoms with van der Waals surface area (Å²) in [4.78, 5) is 4.45. The lowest BCUT2D eigenvalue weighted by atomic mass is 9.96. The van der Waals surface area contributed by atoms with Crippen molar-refractivity contribution >= 4 is 5.65 Å². The van der Waals surface area contributed by atoms with Crippen LogP contribution in [0.5, 0.6) is 0 Å². The van der Waals surface area contributed by atoms with Crippen LogP contribution in [-0.2, 0) is 5.41 Å². The van der Waals surface area contributed by atoms with Crippen molar-refractivity contribution in [2.24, 2.45) is 5.73 Å². The van der Waals surface area contributed by atoms with E-state index in [0.717, 1.165) is 17.0 Å². The normalized spacial score (nSPS) is 14.2. The van der Waals surface area contributed by atoms with Gasteiger partial charge in [-0.2, -0.15) is 5.10 Å². The molecule has 0 amide bonds. The number of nitrogens with zero attached hydrogens (tertiary/aromatic N) is 3. The first-order valence-electron chi connectivity index (χ1n) is 5.67. The van der Waals surface area contributed by atoms with Gasteiger partial charge in [0.2, 0.25) is 0 Å². The molecule has 2 aromatic heterocycles. The van der Waals surface area contributed by atoms with Crippen molar-refractivity contribution in [1.29, 1.82) is 0 Å². The Labute approximate surface area is 100 Å². The number of fused-ring (bicyclic) bond motifs is 1. The second kappa shape index (κ2) is 4.09. The van der Waals surface area contributed by atoms with Crippen molar-refractivity contribution in [2.75, 3.05) is 6.54 Å². The lowest BCUT2D eigenvalue weighted by Gasteiger charge is -2.11. The Hall–Kier alpha value is -1.46. The van der Waals surface area contributed by atoms with Gasteiger partial charge in [0.1, 0.15) is 0 Å². The van der Waals surface area contributed by atoms with E-state index in [2.05, 4.69) is 30.9 Å². The van der Waals surface area contributed by atoms with Gasteiger partial charge in [0.05, 0.1) is 6.10 Å². The molecule has 0 bridgehead atoms. The molecule has 17 heavy (non-hydrogen) atoms. The molecule has 0 fully saturated rings. The summed E-state index contributed by atoms with van der Waals surface area (Å²) in [5, 5.41) is 14.1. The van der Waals surface area contributed by atoms with Gasteiger partial charge in [-0.3, -0.25) is 0 Å². The zero-order valence-electron chi connectivity index (χ0n) is 10.4. The first kappa shape index (κ1) is 12.0. The van der Waals surface area contributed by atoms with Crippen LogP contribution in [0.15, 0.2) is 18.3 Å². The molecule has 92 valence electrons. The van der Waals surface area contributed by atoms with Crippen LogP contribution < -0.4 is 5.73 Å². The molecular weight excluding hydrogens is 216 g/mol. The van der Waals surface area contributed by atoms with Gasteiger partial charge in [0, 0.05) is 23.7 Å². The molecule has 3 N–H and O–H groups in total. The van der Waals surface area contributed by atoms with Gasteiger partial charge in [0.15, 0.2) is 11.5 Å². The van der Waals surface area contributed by atoms with Crippen molar-refractivity contribution in [3.8, 4) is 0 Å². The fourth-order valence-corrected chi connectivity index (χ4v) is 1.55. The number of aromatic nitrogens is 3. The van der Waals surface area contributed by atoms with Gasteiger partial charge < -0.3 is 10.8 Å². The number of hydrogen-bond donors (Lipinski definition) is 2. The predicted molar refractivity (Wildman–Crippen MR) is 65.7 cm³/mol. The minimum absolute atomic E-state index is 0.0847. The van der Waals surface area contributed by atoms with Crippen LogP contribution in [0.2, 0.25) is 0 Å². The van der Waals surface area contributed by atoms with Crippen LogP contribution in [0, 0.1) is 0 Å². The number of nitrogens with two attached hydrogens (primary N) is 1. The van der Waals surface area contributed by atoms with E-state index in [-0.39, 0.29) is 12.0 Å². The van der Waals surface area contributed by atoms with E-state index in [1.54, 1.807) is 10.7 Å². The summed E-state index contributed by atoms with van der Waals surface area (Å²) in [5.41, 5.74) is 6.88. The third kappa shape index (κ3) is 2.30. The highest BCUT2D eigenvalue weighted by Crippen LogP contribution is 2.20. The Morgan fingerprint density at radius 3 is 2.71 bits per heavy atom. The Kier molecular flexibility index (Phi) is 2.89. The van der Waals surface area contributed by atoms with Crippen LogP contribution in [0.3, 0.4) is 0 Å². The van der Waals surface area contributed by atoms with Gasteiger partial charge in [0.25, 0.3) is 0 Å². The maximum atomic E-state index is 9.67. The molecule has 0 saturated carbocycles. The molecular formula is C12H18N4O. The summed E-state index contributed by atoms with van der Waals surface area (Å²) in [6.07, 6.45) is 1.12. The van der Waals surface area contributed by atoms with E-state index < -0.39 is 6.10 Å². The number of aliphatic hydroxyl groups is 1. The lowest BCUT2D eigenvalue weighted by molar-refractivity contribution is 0.186. The SMILES string of the molecule is CC(C)(C)c1nc2ccc(C(O)CN)cn2n1. The van der Waals surface area contributed by atoms with Crippen molar-refractivity contribution in [2.45, 2.75) is 32.3 Å². The molecule has 1 atom stereocenters. The molecule has 0 radical (unpaired) electrons. The van der Waals surface area contributed by atoms with E-state index in [4.69, 9.17) is 5.73 Å². The van der Waals surface area contributed by atoms with E-state index >= 15 is 0 Å². The third-order valence-electron chi connectivity index (χ3n) is 2.63. The topological polar surface area (TPSA) is 76.4 Å². The molecule has 0 aliphatic carbocycles. The summed E-state index contributed by atoms with van der Waals surface area (Å²) < 4.78 is 1.69. The number of rotatable bonds is 2. The van der Waals surface area contributed by atoms with Gasteiger partial charge in [-0.05, 0) is 6.07 Å². The Morgan fingerprint density at radius 2 is 2.12 bits per heavy atom. The monoisotopic (exact) mass is 234 g/mol. The second-order valence-electron chi connectivity index (χ2n) is 5.20. The Bertz CT molecular complexity index is 527. The molecule has 5 nitrogen and oxygen atoms in total. The quantitative estimate of drug-likeness (QED) is 0.813. The predicted octanol–water partition coefficient (Wildman–Crippen LogP) is 1.02. The van der Waals surface area contributed by atoms with Crippen LogP contribution in [0.1, 0.15) is 38.3 Å². The minimum atomic E-state index is -0.651. The van der Waals surface area contributed by atoms with Gasteiger partial charge in [-0.15, -0.1) is 0 Å². The van der Waals surface area contributed by atoms with Gasteiger partial charge in [-0.1, -0.05) is 26.8 Å². The maximum absolute atomic E-state index is 9.67. The first-order valence-corrected chi connectivity index (χ1v) is 5.67. The fourth-order valence-electron chi connectivity index (χ4n) is 1.55. The highest BCUT2D eigenvalue weighted by atomic mass is 16.3. The number of aliphatic hydroxyl groups excluding tert-OH is 1. The Balaban J connectivity index is 2.48. The van der Waals surface area contributed by atoms with E-state index in [1.807, 2.05) is 12.1 Å². The summed E-state index contributed by atoms with van der Waals surface area (Å²) in [7, 11) is 0. The third-order valence-corrected chi connectivity index (χ3v) is 2.63. The van der Waals surface area contributed by atoms with Crippen LogP contribution in [-0.4, -0.2) is 26.2 Å². The molecule has 0 aliphatic heterocycles. The van der Waals surface area contributed by atoms with Gasteiger partial charge in [-0.25, -0.2) is 9.50 Å². The Morgan fingerprint density at radius 1 is 1.41 bits per heavy atom. The zero-order chi connectivity index (χ0) is 12.6. The zero-order valence-corrected chi connectivity index (χ0v) is 10.4. The van der Waals surface area contributed by atoms with E-state index in [1.165, 1.54) is 0 Å². The number of hydrogen-bond acceptors (Lipinski definition) is 4. The average molecular weight is 234 g/mol. The molecule has 5 heteroatoms. The summed E-state index contributed by atoms with van der Waals surface area (Å²) in [6, 6.07) is 3.67. The minimum Gasteiger partial charge on any atom is -0.387 e. The summed E-state index contributed by atoms with van der Waals surface area (Å²) >= 11 is 0. The maximum Gasteiger partial charge on any atom is 0.157 e. The fraction of sp³-hybridized carbons (Fsp3) is 0.500. The lowest BCUT2D eigenvalue weighted by Crippen LogP contribution is -2.13. The molecule has 2 heterocycles. The smallest absolute Gasteiger partial charge is 0.157 e. The van der Waals surface area contributed by atoms with Crippen LogP contribution in [0.25, 0.3) is 5.65 Å². The van der Waals surface area contributed by atoms with Crippen molar-refractivity contribution in [3.63, 3.8) is 0 Å². The highest BCUT2D eigenvalue weighted by Gasteiger charge is 2.19. The molecule has 2 rings (SSSR count). The molecule has 1 unspecified atom stereocenters.